The van der Waals surface area contributed by atoms with Gasteiger partial charge in [-0.1, -0.05) is 11.6 Å². The van der Waals surface area contributed by atoms with Crippen molar-refractivity contribution in [2.24, 2.45) is 0 Å². The summed E-state index contributed by atoms with van der Waals surface area (Å²) < 4.78 is 51.0. The Morgan fingerprint density at radius 2 is 2.10 bits per heavy atom. The predicted octanol–water partition coefficient (Wildman–Crippen LogP) is -0.909. The number of aliphatic hydroxyl groups excluding tert-OH is 1. The smallest absolute Gasteiger partial charge is 0.385 e. The highest BCUT2D eigenvalue weighted by molar-refractivity contribution is 7.60. The summed E-state index contributed by atoms with van der Waals surface area (Å²) in [5, 5.41) is 7.02. The lowest BCUT2D eigenvalue weighted by atomic mass is 10.1. The Balaban J connectivity index is 1.85. The standard InChI is InChI=1S/C10H13ClFN5O10P2/c11-10(12)5(18)3(1-25-29(23,24)27-28(20,21)22)26-8(10)17-2-14-4-6(17)15-9(13)16-7(4)19/h2-3,5,8,18H,1H2,(H,23,24)(H2,20,21,22)(H3,13,15,16,19)/t3-,5-,8-,10-/m1/s1. The van der Waals surface area contributed by atoms with Crippen LogP contribution >= 0.6 is 27.2 Å². The number of phosphoric acid groups is 2. The van der Waals surface area contributed by atoms with E-state index in [1.54, 1.807) is 0 Å². The van der Waals surface area contributed by atoms with Crippen LogP contribution in [0, 0.1) is 0 Å². The second-order valence-corrected chi connectivity index (χ2v) is 9.17. The SMILES string of the molecule is Nc1nc2c(ncn2[C@@H]2O[C@H](COP(=O)(O)OP(=O)(O)O)[C@@H](O)[C@]2(F)Cl)c(=O)[nH]1. The summed E-state index contributed by atoms with van der Waals surface area (Å²) in [6.07, 6.45) is -4.74. The normalized spacial score (nSPS) is 29.9. The average Bonchev–Trinajstić information content (AvgIpc) is 3.04. The maximum Gasteiger partial charge on any atom is 0.481 e. The van der Waals surface area contributed by atoms with E-state index in [9.17, 15) is 28.3 Å². The number of alkyl halides is 2. The molecule has 1 aliphatic heterocycles. The van der Waals surface area contributed by atoms with Gasteiger partial charge in [0.05, 0.1) is 12.9 Å². The van der Waals surface area contributed by atoms with E-state index in [2.05, 4.69) is 23.8 Å². The summed E-state index contributed by atoms with van der Waals surface area (Å²) in [6, 6.07) is 0. The molecule has 3 rings (SSSR count). The van der Waals surface area contributed by atoms with Crippen LogP contribution in [0.4, 0.5) is 10.3 Å². The highest BCUT2D eigenvalue weighted by Crippen LogP contribution is 2.58. The monoisotopic (exact) mass is 479 g/mol. The molecule has 5 atom stereocenters. The van der Waals surface area contributed by atoms with Crippen LogP contribution in [0.2, 0.25) is 0 Å². The summed E-state index contributed by atoms with van der Waals surface area (Å²) in [4.78, 5) is 47.9. The Morgan fingerprint density at radius 1 is 1.45 bits per heavy atom. The first-order valence-corrected chi connectivity index (χ1v) is 10.8. The van der Waals surface area contributed by atoms with Crippen molar-refractivity contribution < 1.29 is 46.9 Å². The van der Waals surface area contributed by atoms with E-state index in [4.69, 9.17) is 31.9 Å². The maximum absolute atomic E-state index is 15.0. The van der Waals surface area contributed by atoms with Crippen LogP contribution < -0.4 is 11.3 Å². The van der Waals surface area contributed by atoms with Gasteiger partial charge in [-0.3, -0.25) is 18.9 Å². The Labute approximate surface area is 164 Å². The molecule has 7 N–H and O–H groups in total. The number of ether oxygens (including phenoxy) is 1. The number of nitrogens with one attached hydrogen (secondary N) is 1. The van der Waals surface area contributed by atoms with E-state index < -0.39 is 51.4 Å². The Bertz CT molecular complexity index is 1090. The molecular formula is C10H13ClFN5O10P2. The van der Waals surface area contributed by atoms with Crippen LogP contribution in [0.15, 0.2) is 11.1 Å². The molecule has 1 aliphatic rings. The van der Waals surface area contributed by atoms with Crippen molar-refractivity contribution in [2.45, 2.75) is 23.6 Å². The third-order valence-corrected chi connectivity index (χ3v) is 6.26. The van der Waals surface area contributed by atoms with Crippen molar-refractivity contribution in [3.05, 3.63) is 16.7 Å². The molecule has 1 unspecified atom stereocenters. The molecule has 0 aliphatic carbocycles. The number of nitrogens with zero attached hydrogens (tertiary/aromatic N) is 3. The Morgan fingerprint density at radius 3 is 2.72 bits per heavy atom. The van der Waals surface area contributed by atoms with E-state index in [0.717, 1.165) is 10.9 Å². The predicted molar refractivity (Wildman–Crippen MR) is 91.1 cm³/mol. The van der Waals surface area contributed by atoms with E-state index in [1.807, 2.05) is 0 Å². The number of halogens is 2. The number of imidazole rings is 1. The van der Waals surface area contributed by atoms with Crippen molar-refractivity contribution in [3.8, 4) is 0 Å². The number of anilines is 1. The van der Waals surface area contributed by atoms with Gasteiger partial charge >= 0.3 is 15.6 Å². The van der Waals surface area contributed by atoms with E-state index in [1.165, 1.54) is 0 Å². The quantitative estimate of drug-likeness (QED) is 0.218. The fourth-order valence-corrected chi connectivity index (χ4v) is 4.44. The van der Waals surface area contributed by atoms with Crippen LogP contribution in [-0.2, 0) is 22.7 Å². The minimum absolute atomic E-state index is 0.231. The third kappa shape index (κ3) is 4.51. The number of rotatable bonds is 6. The molecule has 19 heteroatoms. The van der Waals surface area contributed by atoms with Crippen LogP contribution in [0.5, 0.6) is 0 Å². The molecule has 0 spiro atoms. The summed E-state index contributed by atoms with van der Waals surface area (Å²) in [6.45, 7) is -1.05. The second-order valence-electron chi connectivity index (χ2n) is 5.76. The largest absolute Gasteiger partial charge is 0.481 e. The first-order valence-electron chi connectivity index (χ1n) is 7.39. The topological polar surface area (TPSA) is 232 Å². The van der Waals surface area contributed by atoms with Crippen molar-refractivity contribution in [1.29, 1.82) is 0 Å². The number of aliphatic hydroxyl groups is 1. The zero-order chi connectivity index (χ0) is 21.8. The Hall–Kier alpha value is -1.45. The fourth-order valence-electron chi connectivity index (χ4n) is 2.55. The van der Waals surface area contributed by atoms with Crippen LogP contribution in [-0.4, -0.2) is 63.2 Å². The van der Waals surface area contributed by atoms with Gasteiger partial charge in [0.2, 0.25) is 5.95 Å². The third-order valence-electron chi connectivity index (χ3n) is 3.69. The lowest BCUT2D eigenvalue weighted by Crippen LogP contribution is -2.38. The van der Waals surface area contributed by atoms with Crippen molar-refractivity contribution in [2.75, 3.05) is 12.3 Å². The average molecular weight is 480 g/mol. The highest BCUT2D eigenvalue weighted by atomic mass is 35.5. The summed E-state index contributed by atoms with van der Waals surface area (Å²) in [5.74, 6) is -0.322. The number of H-pyrrole nitrogens is 1. The molecule has 0 aromatic carbocycles. The summed E-state index contributed by atoms with van der Waals surface area (Å²) in [7, 11) is -10.7. The number of aromatic amines is 1. The van der Waals surface area contributed by atoms with Crippen LogP contribution in [0.3, 0.4) is 0 Å². The van der Waals surface area contributed by atoms with Gasteiger partial charge in [-0.2, -0.15) is 9.29 Å². The molecule has 0 saturated carbocycles. The zero-order valence-corrected chi connectivity index (χ0v) is 16.4. The molecule has 29 heavy (non-hydrogen) atoms. The fraction of sp³-hybridized carbons (Fsp3) is 0.500. The highest BCUT2D eigenvalue weighted by Gasteiger charge is 2.58. The van der Waals surface area contributed by atoms with Crippen molar-refractivity contribution in [3.63, 3.8) is 0 Å². The zero-order valence-electron chi connectivity index (χ0n) is 13.8. The number of hydrogen-bond acceptors (Lipinski definition) is 10. The van der Waals surface area contributed by atoms with Gasteiger partial charge in [0.15, 0.2) is 17.4 Å². The van der Waals surface area contributed by atoms with E-state index in [-0.39, 0.29) is 17.1 Å². The molecule has 0 amide bonds. The minimum Gasteiger partial charge on any atom is -0.385 e. The van der Waals surface area contributed by atoms with Gasteiger partial charge < -0.3 is 30.3 Å². The van der Waals surface area contributed by atoms with Crippen molar-refractivity contribution >= 4 is 44.4 Å². The van der Waals surface area contributed by atoms with Crippen LogP contribution in [0.1, 0.15) is 6.23 Å². The molecule has 162 valence electrons. The van der Waals surface area contributed by atoms with Gasteiger partial charge in [-0.25, -0.2) is 18.5 Å². The van der Waals surface area contributed by atoms with Gasteiger partial charge in [0.1, 0.15) is 12.2 Å². The summed E-state index contributed by atoms with van der Waals surface area (Å²) in [5.41, 5.74) is 4.23. The molecule has 2 aromatic rings. The first-order chi connectivity index (χ1) is 13.2. The molecule has 1 fully saturated rings. The lowest BCUT2D eigenvalue weighted by molar-refractivity contribution is -0.0473. The molecule has 3 heterocycles. The number of aromatic nitrogens is 4. The first kappa shape index (κ1) is 22.2. The molecular weight excluding hydrogens is 467 g/mol. The number of nitrogens with two attached hydrogens (primary N) is 1. The van der Waals surface area contributed by atoms with Gasteiger partial charge in [0, 0.05) is 0 Å². The van der Waals surface area contributed by atoms with Crippen LogP contribution in [0.25, 0.3) is 11.2 Å². The molecule has 0 bridgehead atoms. The van der Waals surface area contributed by atoms with Crippen molar-refractivity contribution in [1.82, 2.24) is 19.5 Å². The molecule has 0 radical (unpaired) electrons. The van der Waals surface area contributed by atoms with Gasteiger partial charge in [-0.15, -0.1) is 0 Å². The second kappa shape index (κ2) is 7.35. The van der Waals surface area contributed by atoms with E-state index in [0.29, 0.717) is 0 Å². The van der Waals surface area contributed by atoms with Gasteiger partial charge in [-0.05, 0) is 0 Å². The maximum atomic E-state index is 15.0. The van der Waals surface area contributed by atoms with Gasteiger partial charge in [0.25, 0.3) is 10.7 Å². The van der Waals surface area contributed by atoms with E-state index >= 15 is 0 Å². The number of fused-ring (bicyclic) bond motifs is 1. The minimum atomic E-state index is -5.38. The molecule has 2 aromatic heterocycles. The number of nitrogen functional groups attached to an aromatic ring is 1. The lowest BCUT2D eigenvalue weighted by Gasteiger charge is -2.22. The Kier molecular flexibility index (Phi) is 5.64. The summed E-state index contributed by atoms with van der Waals surface area (Å²) >= 11 is 5.73. The number of hydrogen-bond donors (Lipinski definition) is 6. The number of phosphoric ester groups is 1. The molecule has 1 saturated heterocycles. The molecule has 15 nitrogen and oxygen atoms in total.